The van der Waals surface area contributed by atoms with Crippen LogP contribution in [-0.2, 0) is 11.2 Å². The van der Waals surface area contributed by atoms with Crippen LogP contribution in [0.2, 0.25) is 0 Å². The predicted molar refractivity (Wildman–Crippen MR) is 94.2 cm³/mol. The molecule has 0 saturated carbocycles. The van der Waals surface area contributed by atoms with Crippen LogP contribution in [0.1, 0.15) is 16.7 Å². The molecule has 1 amide bonds. The topological polar surface area (TPSA) is 38.3 Å². The number of thioether (sulfide) groups is 1. The summed E-state index contributed by atoms with van der Waals surface area (Å²) in [7, 11) is 0. The summed E-state index contributed by atoms with van der Waals surface area (Å²) >= 11 is 1.66. The molecular formula is C19H21NO2S. The molecule has 0 bridgehead atoms. The van der Waals surface area contributed by atoms with Gasteiger partial charge in [0.15, 0.2) is 0 Å². The molecule has 1 atom stereocenters. The molecule has 0 aliphatic carbocycles. The molecule has 23 heavy (non-hydrogen) atoms. The van der Waals surface area contributed by atoms with Gasteiger partial charge in [0.1, 0.15) is 12.4 Å². The van der Waals surface area contributed by atoms with E-state index in [0.717, 1.165) is 12.2 Å². The van der Waals surface area contributed by atoms with Crippen molar-refractivity contribution in [2.45, 2.75) is 30.4 Å². The lowest BCUT2D eigenvalue weighted by Gasteiger charge is -2.11. The Labute approximate surface area is 141 Å². The summed E-state index contributed by atoms with van der Waals surface area (Å²) in [4.78, 5) is 13.5. The number of amides is 1. The molecule has 120 valence electrons. The van der Waals surface area contributed by atoms with Gasteiger partial charge in [0.05, 0.1) is 11.8 Å². The van der Waals surface area contributed by atoms with Gasteiger partial charge in [-0.1, -0.05) is 35.4 Å². The molecule has 0 saturated heterocycles. The summed E-state index contributed by atoms with van der Waals surface area (Å²) in [6, 6.07) is 14.3. The summed E-state index contributed by atoms with van der Waals surface area (Å²) < 4.78 is 5.63. The van der Waals surface area contributed by atoms with Gasteiger partial charge in [-0.3, -0.25) is 4.79 Å². The van der Waals surface area contributed by atoms with Crippen molar-refractivity contribution in [2.75, 3.05) is 13.2 Å². The summed E-state index contributed by atoms with van der Waals surface area (Å²) in [5.41, 5.74) is 3.72. The quantitative estimate of drug-likeness (QED) is 0.854. The van der Waals surface area contributed by atoms with Crippen molar-refractivity contribution in [1.29, 1.82) is 0 Å². The lowest BCUT2D eigenvalue weighted by molar-refractivity contribution is -0.120. The summed E-state index contributed by atoms with van der Waals surface area (Å²) in [6.45, 7) is 5.14. The smallest absolute Gasteiger partial charge is 0.233 e. The van der Waals surface area contributed by atoms with Crippen LogP contribution in [-0.4, -0.2) is 24.3 Å². The number of aryl methyl sites for hydroxylation is 2. The fourth-order valence-corrected chi connectivity index (χ4v) is 3.89. The van der Waals surface area contributed by atoms with Crippen LogP contribution >= 0.6 is 11.8 Å². The third-order valence-corrected chi connectivity index (χ3v) is 5.18. The number of carbonyl (C=O) groups excluding carboxylic acids is 1. The first kappa shape index (κ1) is 15.9. The largest absolute Gasteiger partial charge is 0.492 e. The first-order valence-corrected chi connectivity index (χ1v) is 8.73. The molecule has 0 fully saturated rings. The molecule has 3 rings (SSSR count). The van der Waals surface area contributed by atoms with Crippen LogP contribution in [0.25, 0.3) is 0 Å². The van der Waals surface area contributed by atoms with Crippen molar-refractivity contribution in [3.05, 3.63) is 59.2 Å². The van der Waals surface area contributed by atoms with Crippen LogP contribution in [0.3, 0.4) is 0 Å². The Hall–Kier alpha value is -1.94. The Morgan fingerprint density at radius 3 is 2.70 bits per heavy atom. The van der Waals surface area contributed by atoms with Crippen molar-refractivity contribution < 1.29 is 9.53 Å². The predicted octanol–water partition coefficient (Wildman–Crippen LogP) is 3.52. The van der Waals surface area contributed by atoms with Gasteiger partial charge in [0, 0.05) is 4.90 Å². The minimum absolute atomic E-state index is 0.0221. The molecule has 4 heteroatoms. The Balaban J connectivity index is 1.43. The van der Waals surface area contributed by atoms with Gasteiger partial charge < -0.3 is 10.1 Å². The van der Waals surface area contributed by atoms with Crippen LogP contribution in [0.4, 0.5) is 0 Å². The van der Waals surface area contributed by atoms with Crippen LogP contribution < -0.4 is 10.1 Å². The number of carbonyl (C=O) groups is 1. The van der Waals surface area contributed by atoms with E-state index in [1.54, 1.807) is 11.8 Å². The number of hydrogen-bond acceptors (Lipinski definition) is 3. The SMILES string of the molecule is Cc1ccc(OCCNC(=O)C2Cc3ccc(C)cc3S2)cc1. The van der Waals surface area contributed by atoms with Crippen LogP contribution in [0.15, 0.2) is 47.4 Å². The third kappa shape index (κ3) is 4.08. The van der Waals surface area contributed by atoms with Gasteiger partial charge in [-0.2, -0.15) is 0 Å². The van der Waals surface area contributed by atoms with E-state index in [1.807, 2.05) is 31.2 Å². The minimum Gasteiger partial charge on any atom is -0.492 e. The van der Waals surface area contributed by atoms with Gasteiger partial charge in [0.2, 0.25) is 5.91 Å². The molecule has 0 radical (unpaired) electrons. The number of ether oxygens (including phenoxy) is 1. The van der Waals surface area contributed by atoms with Gasteiger partial charge in [-0.05, 0) is 44.0 Å². The second-order valence-corrected chi connectivity index (χ2v) is 7.12. The molecule has 1 aliphatic rings. The normalized spacial score (nSPS) is 16.0. The molecule has 0 spiro atoms. The zero-order valence-corrected chi connectivity index (χ0v) is 14.3. The van der Waals surface area contributed by atoms with Gasteiger partial charge in [0.25, 0.3) is 0 Å². The Bertz CT molecular complexity index is 697. The van der Waals surface area contributed by atoms with Crippen molar-refractivity contribution in [3.63, 3.8) is 0 Å². The zero-order chi connectivity index (χ0) is 16.2. The number of rotatable bonds is 5. The first-order chi connectivity index (χ1) is 11.1. The van der Waals surface area contributed by atoms with Gasteiger partial charge in [-0.15, -0.1) is 11.8 Å². The van der Waals surface area contributed by atoms with Crippen molar-refractivity contribution in [3.8, 4) is 5.75 Å². The molecular weight excluding hydrogens is 306 g/mol. The van der Waals surface area contributed by atoms with E-state index in [0.29, 0.717) is 13.2 Å². The molecule has 1 aliphatic heterocycles. The molecule has 1 N–H and O–H groups in total. The Morgan fingerprint density at radius 1 is 1.17 bits per heavy atom. The fourth-order valence-electron chi connectivity index (χ4n) is 2.57. The average molecular weight is 327 g/mol. The van der Waals surface area contributed by atoms with E-state index in [2.05, 4.69) is 30.4 Å². The maximum absolute atomic E-state index is 12.3. The minimum atomic E-state index is -0.0221. The van der Waals surface area contributed by atoms with Gasteiger partial charge >= 0.3 is 0 Å². The van der Waals surface area contributed by atoms with E-state index >= 15 is 0 Å². The molecule has 3 nitrogen and oxygen atoms in total. The molecule has 2 aromatic carbocycles. The zero-order valence-electron chi connectivity index (χ0n) is 13.5. The number of hydrogen-bond donors (Lipinski definition) is 1. The van der Waals surface area contributed by atoms with E-state index in [4.69, 9.17) is 4.74 Å². The average Bonchev–Trinajstić information content (AvgIpc) is 2.96. The Morgan fingerprint density at radius 2 is 1.91 bits per heavy atom. The van der Waals surface area contributed by atoms with Gasteiger partial charge in [-0.25, -0.2) is 0 Å². The molecule has 0 aromatic heterocycles. The van der Waals surface area contributed by atoms with E-state index in [-0.39, 0.29) is 11.2 Å². The highest BCUT2D eigenvalue weighted by Crippen LogP contribution is 2.37. The van der Waals surface area contributed by atoms with E-state index in [9.17, 15) is 4.79 Å². The highest BCUT2D eigenvalue weighted by Gasteiger charge is 2.27. The number of fused-ring (bicyclic) bond motifs is 1. The lowest BCUT2D eigenvalue weighted by Crippen LogP contribution is -2.35. The Kier molecular flexibility index (Phi) is 4.91. The van der Waals surface area contributed by atoms with E-state index in [1.165, 1.54) is 21.6 Å². The molecule has 2 aromatic rings. The third-order valence-electron chi connectivity index (χ3n) is 3.88. The maximum atomic E-state index is 12.3. The van der Waals surface area contributed by atoms with Crippen molar-refractivity contribution >= 4 is 17.7 Å². The molecule has 1 heterocycles. The number of nitrogens with one attached hydrogen (secondary N) is 1. The highest BCUT2D eigenvalue weighted by molar-refractivity contribution is 8.01. The highest BCUT2D eigenvalue weighted by atomic mass is 32.2. The first-order valence-electron chi connectivity index (χ1n) is 7.85. The second kappa shape index (κ2) is 7.09. The molecule has 1 unspecified atom stereocenters. The fraction of sp³-hybridized carbons (Fsp3) is 0.316. The maximum Gasteiger partial charge on any atom is 0.233 e. The van der Waals surface area contributed by atoms with Crippen molar-refractivity contribution in [1.82, 2.24) is 5.32 Å². The monoisotopic (exact) mass is 327 g/mol. The number of benzene rings is 2. The summed E-state index contributed by atoms with van der Waals surface area (Å²) in [6.07, 6.45) is 0.810. The summed E-state index contributed by atoms with van der Waals surface area (Å²) in [5, 5.41) is 2.95. The van der Waals surface area contributed by atoms with Crippen LogP contribution in [0.5, 0.6) is 5.75 Å². The van der Waals surface area contributed by atoms with Crippen molar-refractivity contribution in [2.24, 2.45) is 0 Å². The summed E-state index contributed by atoms with van der Waals surface area (Å²) in [5.74, 6) is 0.930. The second-order valence-electron chi connectivity index (χ2n) is 5.87. The standard InChI is InChI=1S/C19H21NO2S/c1-13-4-7-16(8-5-13)22-10-9-20-19(21)18-12-15-6-3-14(2)11-17(15)23-18/h3-8,11,18H,9-10,12H2,1-2H3,(H,20,21). The lowest BCUT2D eigenvalue weighted by atomic mass is 10.1. The van der Waals surface area contributed by atoms with Crippen LogP contribution in [0, 0.1) is 13.8 Å². The van der Waals surface area contributed by atoms with E-state index < -0.39 is 0 Å².